The summed E-state index contributed by atoms with van der Waals surface area (Å²) in [7, 11) is 0. The van der Waals surface area contributed by atoms with Crippen LogP contribution in [0.3, 0.4) is 0 Å². The van der Waals surface area contributed by atoms with Crippen LogP contribution in [-0.4, -0.2) is 0 Å². The van der Waals surface area contributed by atoms with Crippen LogP contribution in [0.2, 0.25) is 0 Å². The first-order valence-electron chi connectivity index (χ1n) is 19.1. The fourth-order valence-corrected chi connectivity index (χ4v) is 8.82. The Kier molecular flexibility index (Phi) is 9.71. The second-order valence-electron chi connectivity index (χ2n) is 14.9. The lowest BCUT2D eigenvalue weighted by Crippen LogP contribution is -2.26. The van der Waals surface area contributed by atoms with Gasteiger partial charge >= 0.3 is 0 Å². The molecule has 0 heterocycles. The highest BCUT2D eigenvalue weighted by Gasteiger charge is 2.52. The number of fused-ring (bicyclic) bond motifs is 13. The fraction of sp³-hybridized carbons (Fsp3) is 0.192. The topological polar surface area (TPSA) is 3.24 Å². The van der Waals surface area contributed by atoms with E-state index in [1.54, 1.807) is 6.08 Å². The van der Waals surface area contributed by atoms with Gasteiger partial charge in [0.2, 0.25) is 0 Å². The number of allylic oxidation sites excluding steroid dienone is 9. The number of hydrogen-bond acceptors (Lipinski definition) is 1. The zero-order chi connectivity index (χ0) is 37.3. The minimum atomic E-state index is -0.389. The molecule has 0 radical (unpaired) electrons. The summed E-state index contributed by atoms with van der Waals surface area (Å²) in [6.07, 6.45) is 18.6. The third-order valence-electron chi connectivity index (χ3n) is 10.9. The van der Waals surface area contributed by atoms with Gasteiger partial charge < -0.3 is 4.90 Å². The summed E-state index contributed by atoms with van der Waals surface area (Å²) in [6, 6.07) is 39.4. The van der Waals surface area contributed by atoms with Crippen LogP contribution < -0.4 is 4.90 Å². The largest absolute Gasteiger partial charge is 0.317 e. The van der Waals surface area contributed by atoms with E-state index >= 15 is 0 Å². The van der Waals surface area contributed by atoms with E-state index in [0.717, 1.165) is 24.2 Å². The maximum atomic E-state index is 3.86. The van der Waals surface area contributed by atoms with Gasteiger partial charge in [-0.15, -0.1) is 6.58 Å². The Morgan fingerprint density at radius 2 is 1.28 bits per heavy atom. The maximum absolute atomic E-state index is 3.86. The molecule has 1 spiro atoms. The Balaban J connectivity index is 0.000000830. The second-order valence-corrected chi connectivity index (χ2v) is 14.9. The number of rotatable bonds is 5. The molecule has 1 unspecified atom stereocenters. The Morgan fingerprint density at radius 3 is 1.98 bits per heavy atom. The Labute approximate surface area is 317 Å². The second kappa shape index (κ2) is 14.4. The normalized spacial score (nSPS) is 16.6. The predicted molar refractivity (Wildman–Crippen MR) is 230 cm³/mol. The van der Waals surface area contributed by atoms with Crippen LogP contribution in [0.1, 0.15) is 86.9 Å². The minimum Gasteiger partial charge on any atom is -0.317 e. The van der Waals surface area contributed by atoms with Crippen molar-refractivity contribution < 1.29 is 0 Å². The quantitative estimate of drug-likeness (QED) is 0.128. The molecule has 0 aromatic heterocycles. The van der Waals surface area contributed by atoms with Gasteiger partial charge in [0.1, 0.15) is 0 Å². The molecule has 0 N–H and O–H groups in total. The van der Waals surface area contributed by atoms with E-state index in [4.69, 9.17) is 0 Å². The van der Waals surface area contributed by atoms with Gasteiger partial charge in [-0.1, -0.05) is 157 Å². The van der Waals surface area contributed by atoms with Crippen LogP contribution in [0.4, 0.5) is 11.4 Å². The molecule has 0 fully saturated rings. The average Bonchev–Trinajstić information content (AvgIpc) is 3.92. The molecule has 0 saturated carbocycles. The zero-order valence-electron chi connectivity index (χ0n) is 32.2. The van der Waals surface area contributed by atoms with Crippen molar-refractivity contribution in [2.24, 2.45) is 0 Å². The number of nitrogens with zero attached hydrogens (tertiary/aromatic N) is 1. The highest BCUT2D eigenvalue weighted by atomic mass is 15.1. The average molecular weight is 690 g/mol. The molecule has 1 nitrogen and oxygen atoms in total. The Morgan fingerprint density at radius 1 is 0.660 bits per heavy atom. The summed E-state index contributed by atoms with van der Waals surface area (Å²) >= 11 is 0. The van der Waals surface area contributed by atoms with Crippen LogP contribution in [-0.2, 0) is 17.3 Å². The van der Waals surface area contributed by atoms with Gasteiger partial charge in [0, 0.05) is 17.6 Å². The van der Waals surface area contributed by atoms with Crippen molar-refractivity contribution in [2.45, 2.75) is 65.2 Å². The van der Waals surface area contributed by atoms with E-state index in [2.05, 4.69) is 166 Å². The lowest BCUT2D eigenvalue weighted by Gasteiger charge is -2.32. The van der Waals surface area contributed by atoms with E-state index in [9.17, 15) is 0 Å². The van der Waals surface area contributed by atoms with Gasteiger partial charge in [-0.05, 0) is 128 Å². The highest BCUT2D eigenvalue weighted by molar-refractivity contribution is 5.99. The van der Waals surface area contributed by atoms with Crippen molar-refractivity contribution in [1.82, 2.24) is 0 Å². The number of anilines is 2. The molecule has 5 aromatic carbocycles. The molecule has 53 heavy (non-hydrogen) atoms. The van der Waals surface area contributed by atoms with Gasteiger partial charge in [-0.2, -0.15) is 0 Å². The summed E-state index contributed by atoms with van der Waals surface area (Å²) in [5.41, 5.74) is 20.3. The first kappa shape index (κ1) is 35.7. The smallest absolute Gasteiger partial charge is 0.0726 e. The van der Waals surface area contributed by atoms with E-state index in [1.165, 1.54) is 72.3 Å². The van der Waals surface area contributed by atoms with Crippen molar-refractivity contribution in [3.05, 3.63) is 210 Å². The molecule has 1 heteroatoms. The number of hydrogen-bond donors (Lipinski definition) is 0. The summed E-state index contributed by atoms with van der Waals surface area (Å²) < 4.78 is 0. The lowest BCUT2D eigenvalue weighted by atomic mass is 9.70. The van der Waals surface area contributed by atoms with Gasteiger partial charge in [-0.3, -0.25) is 0 Å². The van der Waals surface area contributed by atoms with Crippen molar-refractivity contribution in [1.29, 1.82) is 0 Å². The zero-order valence-corrected chi connectivity index (χ0v) is 32.2. The molecule has 0 bridgehead atoms. The molecule has 264 valence electrons. The van der Waals surface area contributed by atoms with E-state index < -0.39 is 0 Å². The van der Waals surface area contributed by atoms with Gasteiger partial charge in [-0.25, -0.2) is 0 Å². The van der Waals surface area contributed by atoms with E-state index in [-0.39, 0.29) is 10.8 Å². The van der Waals surface area contributed by atoms with Crippen LogP contribution in [0.25, 0.3) is 27.8 Å². The van der Waals surface area contributed by atoms with E-state index in [1.807, 2.05) is 39.0 Å². The summed E-state index contributed by atoms with van der Waals surface area (Å²) in [5, 5.41) is 0. The van der Waals surface area contributed by atoms with Gasteiger partial charge in [0.25, 0.3) is 0 Å². The lowest BCUT2D eigenvalue weighted by molar-refractivity contribution is 0.590. The molecular weight excluding hydrogens is 639 g/mol. The first-order valence-corrected chi connectivity index (χ1v) is 19.1. The molecular formula is C52H51N. The summed E-state index contributed by atoms with van der Waals surface area (Å²) in [5.74, 6) is 0. The SMILES string of the molecule is C=C/C=C\C=CN(c1ccc(C(C)(C)C)cc1)c1ccc2c(c1)C1(c3ccccc3-2)c2ccccc2-c2c1ccc1c2CC2=C1CC=C2.C=CC.CC. The third-order valence-corrected chi connectivity index (χ3v) is 10.9. The van der Waals surface area contributed by atoms with Gasteiger partial charge in [0.15, 0.2) is 0 Å². The van der Waals surface area contributed by atoms with Crippen molar-refractivity contribution in [3.63, 3.8) is 0 Å². The maximum Gasteiger partial charge on any atom is 0.0726 e. The highest BCUT2D eigenvalue weighted by Crippen LogP contribution is 2.65. The first-order chi connectivity index (χ1) is 25.8. The molecule has 5 aromatic rings. The molecule has 0 saturated heterocycles. The molecule has 4 aliphatic rings. The number of benzene rings is 5. The molecule has 0 amide bonds. The Hall–Kier alpha value is -5.66. The Bertz CT molecular complexity index is 2330. The molecule has 1 atom stereocenters. The molecule has 4 aliphatic carbocycles. The minimum absolute atomic E-state index is 0.0903. The standard InChI is InChI=1S/C47H39N.C3H6.C2H6/c1-5-6-7-12-28-48(33-22-20-32(21-23-33)46(2,3)4)34-24-25-38-37-15-8-10-18-41(37)47(44(38)30-34)42-19-11-9-16-39(42)45-40-29-31-14-13-17-35(31)36(40)26-27-43(45)47;1-3-2;1-2/h5-16,18-28,30H,1,17,29H2,2-4H3;3H,1H2,2H3;1-2H3/b7-6-,28-12?;;. The van der Waals surface area contributed by atoms with Crippen LogP contribution in [0.5, 0.6) is 0 Å². The fourth-order valence-electron chi connectivity index (χ4n) is 8.82. The van der Waals surface area contributed by atoms with Crippen LogP contribution in [0.15, 0.2) is 171 Å². The molecule has 0 aliphatic heterocycles. The van der Waals surface area contributed by atoms with Crippen molar-refractivity contribution in [3.8, 4) is 22.3 Å². The predicted octanol–water partition coefficient (Wildman–Crippen LogP) is 14.2. The van der Waals surface area contributed by atoms with Crippen molar-refractivity contribution in [2.75, 3.05) is 4.90 Å². The van der Waals surface area contributed by atoms with E-state index in [0.29, 0.717) is 0 Å². The third kappa shape index (κ3) is 5.71. The summed E-state index contributed by atoms with van der Waals surface area (Å²) in [6.45, 7) is 19.9. The summed E-state index contributed by atoms with van der Waals surface area (Å²) in [4.78, 5) is 2.32. The monoisotopic (exact) mass is 689 g/mol. The molecule has 9 rings (SSSR count). The van der Waals surface area contributed by atoms with Gasteiger partial charge in [0.05, 0.1) is 5.41 Å². The van der Waals surface area contributed by atoms with Crippen molar-refractivity contribution >= 4 is 16.9 Å². The van der Waals surface area contributed by atoms with Crippen LogP contribution in [0, 0.1) is 0 Å². The van der Waals surface area contributed by atoms with Crippen LogP contribution >= 0.6 is 0 Å².